The van der Waals surface area contributed by atoms with Gasteiger partial charge in [0.2, 0.25) is 0 Å². The molecule has 3 nitrogen and oxygen atoms in total. The number of amides is 1. The molecule has 0 aliphatic rings. The number of carbonyl (C=O) groups excluding carboxylic acids is 1. The Kier molecular flexibility index (Phi) is 5.85. The van der Waals surface area contributed by atoms with E-state index in [0.29, 0.717) is 16.9 Å². The minimum Gasteiger partial charge on any atom is -0.489 e. The molecule has 1 amide bonds. The van der Waals surface area contributed by atoms with E-state index in [1.165, 1.54) is 17.0 Å². The highest BCUT2D eigenvalue weighted by Crippen LogP contribution is 2.29. The highest BCUT2D eigenvalue weighted by Gasteiger charge is 2.30. The van der Waals surface area contributed by atoms with Gasteiger partial charge in [-0.3, -0.25) is 4.79 Å². The van der Waals surface area contributed by atoms with Crippen molar-refractivity contribution in [2.45, 2.75) is 12.7 Å². The Morgan fingerprint density at radius 2 is 1.80 bits per heavy atom. The predicted molar refractivity (Wildman–Crippen MR) is 89.4 cm³/mol. The van der Waals surface area contributed by atoms with Gasteiger partial charge in [-0.25, -0.2) is 0 Å². The first-order valence-corrected chi connectivity index (χ1v) is 7.57. The van der Waals surface area contributed by atoms with Crippen LogP contribution in [0.15, 0.2) is 61.2 Å². The second-order valence-electron chi connectivity index (χ2n) is 5.45. The number of ether oxygens (including phenoxy) is 1. The zero-order valence-corrected chi connectivity index (χ0v) is 13.7. The van der Waals surface area contributed by atoms with Gasteiger partial charge in [0.05, 0.1) is 11.1 Å². The number of benzene rings is 2. The van der Waals surface area contributed by atoms with E-state index in [0.717, 1.165) is 12.1 Å². The van der Waals surface area contributed by atoms with Crippen molar-refractivity contribution < 1.29 is 22.7 Å². The molecule has 6 heteroatoms. The maximum Gasteiger partial charge on any atom is 0.416 e. The molecule has 0 saturated carbocycles. The molecule has 0 fully saturated rings. The van der Waals surface area contributed by atoms with Crippen molar-refractivity contribution in [3.05, 3.63) is 77.9 Å². The van der Waals surface area contributed by atoms with Crippen LogP contribution in [0.4, 0.5) is 13.2 Å². The maximum absolute atomic E-state index is 12.6. The average Bonchev–Trinajstić information content (AvgIpc) is 2.59. The van der Waals surface area contributed by atoms with Gasteiger partial charge in [-0.1, -0.05) is 36.9 Å². The normalized spacial score (nSPS) is 11.0. The van der Waals surface area contributed by atoms with Crippen LogP contribution in [0.3, 0.4) is 0 Å². The fraction of sp³-hybridized carbons (Fsp3) is 0.211. The minimum atomic E-state index is -4.37. The van der Waals surface area contributed by atoms with E-state index in [4.69, 9.17) is 4.74 Å². The van der Waals surface area contributed by atoms with Crippen LogP contribution in [0.2, 0.25) is 0 Å². The van der Waals surface area contributed by atoms with Crippen LogP contribution in [0.25, 0.3) is 0 Å². The second kappa shape index (κ2) is 7.88. The smallest absolute Gasteiger partial charge is 0.416 e. The number of carbonyl (C=O) groups is 1. The van der Waals surface area contributed by atoms with Crippen LogP contribution in [0, 0.1) is 0 Å². The van der Waals surface area contributed by atoms with E-state index in [1.807, 2.05) is 0 Å². The fourth-order valence-corrected chi connectivity index (χ4v) is 2.27. The quantitative estimate of drug-likeness (QED) is 0.717. The molecule has 0 N–H and O–H groups in total. The van der Waals surface area contributed by atoms with Crippen LogP contribution in [-0.4, -0.2) is 24.5 Å². The van der Waals surface area contributed by atoms with Crippen molar-refractivity contribution >= 4 is 5.91 Å². The topological polar surface area (TPSA) is 29.5 Å². The number of hydrogen-bond acceptors (Lipinski definition) is 2. The molecule has 132 valence electrons. The van der Waals surface area contributed by atoms with Crippen molar-refractivity contribution in [1.29, 1.82) is 0 Å². The van der Waals surface area contributed by atoms with Crippen molar-refractivity contribution in [2.24, 2.45) is 0 Å². The summed E-state index contributed by atoms with van der Waals surface area (Å²) >= 11 is 0. The van der Waals surface area contributed by atoms with Crippen molar-refractivity contribution in [1.82, 2.24) is 4.90 Å². The Hall–Kier alpha value is -2.76. The molecule has 0 saturated heterocycles. The number of hydrogen-bond donors (Lipinski definition) is 0. The van der Waals surface area contributed by atoms with Crippen LogP contribution in [0.1, 0.15) is 21.5 Å². The third-order valence-corrected chi connectivity index (χ3v) is 3.52. The van der Waals surface area contributed by atoms with Gasteiger partial charge in [-0.2, -0.15) is 13.2 Å². The largest absolute Gasteiger partial charge is 0.489 e. The lowest BCUT2D eigenvalue weighted by atomic mass is 10.1. The Labute approximate surface area is 144 Å². The lowest BCUT2D eigenvalue weighted by Crippen LogP contribution is -2.26. The molecule has 2 aromatic carbocycles. The minimum absolute atomic E-state index is 0.187. The summed E-state index contributed by atoms with van der Waals surface area (Å²) in [5, 5.41) is 0. The molecule has 0 radical (unpaired) electrons. The molecule has 0 bridgehead atoms. The molecule has 25 heavy (non-hydrogen) atoms. The number of halogens is 3. The van der Waals surface area contributed by atoms with Gasteiger partial charge < -0.3 is 9.64 Å². The van der Waals surface area contributed by atoms with Gasteiger partial charge in [0, 0.05) is 13.6 Å². The molecule has 0 spiro atoms. The summed E-state index contributed by atoms with van der Waals surface area (Å²) in [5.74, 6) is 0.159. The number of nitrogens with zero attached hydrogens (tertiary/aromatic N) is 1. The van der Waals surface area contributed by atoms with E-state index in [9.17, 15) is 18.0 Å². The first-order chi connectivity index (χ1) is 11.8. The average molecular weight is 349 g/mol. The van der Waals surface area contributed by atoms with Crippen molar-refractivity contribution in [3.8, 4) is 5.75 Å². The number of para-hydroxylation sites is 1. The zero-order chi connectivity index (χ0) is 18.4. The highest BCUT2D eigenvalue weighted by molar-refractivity contribution is 5.96. The standard InChI is InChI=1S/C19H18F3NO2/c1-3-12-25-17-7-5-4-6-16(17)18(24)23(2)13-14-8-10-15(11-9-14)19(20,21)22/h3-11H,1,12-13H2,2H3. The highest BCUT2D eigenvalue weighted by atomic mass is 19.4. The van der Waals surface area contributed by atoms with E-state index in [2.05, 4.69) is 6.58 Å². The summed E-state index contributed by atoms with van der Waals surface area (Å²) in [6.07, 6.45) is -2.80. The number of rotatable bonds is 6. The van der Waals surface area contributed by atoms with Gasteiger partial charge in [0.25, 0.3) is 5.91 Å². The van der Waals surface area contributed by atoms with Crippen LogP contribution in [0.5, 0.6) is 5.75 Å². The van der Waals surface area contributed by atoms with E-state index in [-0.39, 0.29) is 19.1 Å². The Morgan fingerprint density at radius 1 is 1.16 bits per heavy atom. The van der Waals surface area contributed by atoms with Gasteiger partial charge in [-0.05, 0) is 29.8 Å². The van der Waals surface area contributed by atoms with Crippen LogP contribution < -0.4 is 4.74 Å². The zero-order valence-electron chi connectivity index (χ0n) is 13.7. The van der Waals surface area contributed by atoms with Crippen molar-refractivity contribution in [3.63, 3.8) is 0 Å². The monoisotopic (exact) mass is 349 g/mol. The molecule has 0 unspecified atom stereocenters. The Bertz CT molecular complexity index is 739. The lowest BCUT2D eigenvalue weighted by molar-refractivity contribution is -0.137. The van der Waals surface area contributed by atoms with Crippen LogP contribution in [-0.2, 0) is 12.7 Å². The predicted octanol–water partition coefficient (Wildman–Crippen LogP) is 4.54. The first kappa shape index (κ1) is 18.6. The Balaban J connectivity index is 2.12. The summed E-state index contributed by atoms with van der Waals surface area (Å²) in [6, 6.07) is 11.6. The Morgan fingerprint density at radius 3 is 2.40 bits per heavy atom. The van der Waals surface area contributed by atoms with Gasteiger partial charge in [0.1, 0.15) is 12.4 Å². The van der Waals surface area contributed by atoms with Gasteiger partial charge >= 0.3 is 6.18 Å². The summed E-state index contributed by atoms with van der Waals surface area (Å²) in [6.45, 7) is 4.02. The summed E-state index contributed by atoms with van der Waals surface area (Å²) < 4.78 is 43.2. The number of alkyl halides is 3. The third-order valence-electron chi connectivity index (χ3n) is 3.52. The lowest BCUT2D eigenvalue weighted by Gasteiger charge is -2.19. The molecule has 0 heterocycles. The summed E-state index contributed by atoms with van der Waals surface area (Å²) in [7, 11) is 1.59. The fourth-order valence-electron chi connectivity index (χ4n) is 2.27. The van der Waals surface area contributed by atoms with Gasteiger partial charge in [0.15, 0.2) is 0 Å². The van der Waals surface area contributed by atoms with Crippen LogP contribution >= 0.6 is 0 Å². The molecular formula is C19H18F3NO2. The molecule has 2 aromatic rings. The molecular weight excluding hydrogens is 331 g/mol. The molecule has 0 aliphatic carbocycles. The summed E-state index contributed by atoms with van der Waals surface area (Å²) in [5.41, 5.74) is 0.278. The first-order valence-electron chi connectivity index (χ1n) is 7.57. The second-order valence-corrected chi connectivity index (χ2v) is 5.45. The molecule has 0 aromatic heterocycles. The van der Waals surface area contributed by atoms with E-state index in [1.54, 1.807) is 37.4 Å². The third kappa shape index (κ3) is 4.86. The van der Waals surface area contributed by atoms with E-state index < -0.39 is 11.7 Å². The molecule has 0 atom stereocenters. The molecule has 0 aliphatic heterocycles. The van der Waals surface area contributed by atoms with Crippen molar-refractivity contribution in [2.75, 3.05) is 13.7 Å². The van der Waals surface area contributed by atoms with Gasteiger partial charge in [-0.15, -0.1) is 0 Å². The van der Waals surface area contributed by atoms with E-state index >= 15 is 0 Å². The summed E-state index contributed by atoms with van der Waals surface area (Å²) in [4.78, 5) is 14.0. The SMILES string of the molecule is C=CCOc1ccccc1C(=O)N(C)Cc1ccc(C(F)(F)F)cc1. The maximum atomic E-state index is 12.6. The molecule has 2 rings (SSSR count).